The fourth-order valence-electron chi connectivity index (χ4n) is 1.33. The molecule has 1 heterocycles. The van der Waals surface area contributed by atoms with Gasteiger partial charge in [0.25, 0.3) is 0 Å². The Hall–Kier alpha value is -0.480. The summed E-state index contributed by atoms with van der Waals surface area (Å²) < 4.78 is 5.89. The summed E-state index contributed by atoms with van der Waals surface area (Å²) in [6, 6.07) is 6.67. The predicted octanol–water partition coefficient (Wildman–Crippen LogP) is 4.43. The molecule has 1 aromatic heterocycles. The number of aliphatic hydroxyl groups excluding tert-OH is 1. The molecule has 0 radical (unpaired) electrons. The summed E-state index contributed by atoms with van der Waals surface area (Å²) in [6.45, 7) is 0. The molecule has 0 saturated carbocycles. The number of rotatable bonds is 2. The summed E-state index contributed by atoms with van der Waals surface area (Å²) in [6.07, 6.45) is 0.638. The molecule has 2 rings (SSSR count). The van der Waals surface area contributed by atoms with E-state index in [1.807, 2.05) is 0 Å². The number of halogens is 3. The van der Waals surface area contributed by atoms with Crippen LogP contribution in [0.15, 0.2) is 39.4 Å². The number of hydrogen-bond acceptors (Lipinski definition) is 2. The summed E-state index contributed by atoms with van der Waals surface area (Å²) in [7, 11) is 0. The Balaban J connectivity index is 2.38. The van der Waals surface area contributed by atoms with Crippen molar-refractivity contribution >= 4 is 39.1 Å². The van der Waals surface area contributed by atoms with E-state index in [-0.39, 0.29) is 0 Å². The standard InChI is InChI=1S/C11H7BrCl2O2/c12-7-3-4-16-11(7)10(15)6-1-2-8(13)9(14)5-6/h1-5,10,15H. The van der Waals surface area contributed by atoms with Crippen LogP contribution < -0.4 is 0 Å². The van der Waals surface area contributed by atoms with Crippen molar-refractivity contribution in [2.24, 2.45) is 0 Å². The first-order valence-electron chi connectivity index (χ1n) is 4.45. The molecule has 5 heteroatoms. The summed E-state index contributed by atoms with van der Waals surface area (Å²) in [5, 5.41) is 10.9. The molecule has 0 aliphatic heterocycles. The second kappa shape index (κ2) is 4.80. The number of aliphatic hydroxyl groups is 1. The Kier molecular flexibility index (Phi) is 3.60. The molecule has 0 aliphatic carbocycles. The summed E-state index contributed by atoms with van der Waals surface area (Å²) in [5.41, 5.74) is 0.630. The van der Waals surface area contributed by atoms with Gasteiger partial charge in [0.05, 0.1) is 20.8 Å². The minimum absolute atomic E-state index is 0.404. The van der Waals surface area contributed by atoms with Crippen LogP contribution in [0, 0.1) is 0 Å². The van der Waals surface area contributed by atoms with Gasteiger partial charge in [-0.1, -0.05) is 29.3 Å². The molecular formula is C11H7BrCl2O2. The maximum Gasteiger partial charge on any atom is 0.150 e. The lowest BCUT2D eigenvalue weighted by Crippen LogP contribution is -1.98. The van der Waals surface area contributed by atoms with Crippen LogP contribution in [0.4, 0.5) is 0 Å². The molecule has 0 spiro atoms. The van der Waals surface area contributed by atoms with Crippen LogP contribution in [0.25, 0.3) is 0 Å². The number of benzene rings is 1. The van der Waals surface area contributed by atoms with Crippen LogP contribution >= 0.6 is 39.1 Å². The lowest BCUT2D eigenvalue weighted by atomic mass is 10.1. The first-order valence-corrected chi connectivity index (χ1v) is 6.00. The maximum absolute atomic E-state index is 10.1. The predicted molar refractivity (Wildman–Crippen MR) is 66.9 cm³/mol. The third kappa shape index (κ3) is 2.28. The highest BCUT2D eigenvalue weighted by Crippen LogP contribution is 2.32. The molecule has 1 N–H and O–H groups in total. The van der Waals surface area contributed by atoms with Crippen molar-refractivity contribution in [3.8, 4) is 0 Å². The van der Waals surface area contributed by atoms with E-state index in [2.05, 4.69) is 15.9 Å². The first kappa shape index (κ1) is 12.0. The molecular weight excluding hydrogens is 315 g/mol. The van der Waals surface area contributed by atoms with Gasteiger partial charge in [0.15, 0.2) is 5.76 Å². The smallest absolute Gasteiger partial charge is 0.150 e. The first-order chi connectivity index (χ1) is 7.59. The second-order valence-corrected chi connectivity index (χ2v) is 4.88. The molecule has 0 saturated heterocycles. The fraction of sp³-hybridized carbons (Fsp3) is 0.0909. The largest absolute Gasteiger partial charge is 0.465 e. The third-order valence-electron chi connectivity index (χ3n) is 2.15. The number of hydrogen-bond donors (Lipinski definition) is 1. The highest BCUT2D eigenvalue weighted by molar-refractivity contribution is 9.10. The summed E-state index contributed by atoms with van der Waals surface area (Å²) >= 11 is 15.0. The molecule has 1 unspecified atom stereocenters. The van der Waals surface area contributed by atoms with E-state index in [1.165, 1.54) is 6.26 Å². The maximum atomic E-state index is 10.1. The Bertz CT molecular complexity index is 510. The Morgan fingerprint density at radius 1 is 1.19 bits per heavy atom. The van der Waals surface area contributed by atoms with Crippen LogP contribution in [0.2, 0.25) is 10.0 Å². The van der Waals surface area contributed by atoms with Gasteiger partial charge in [-0.05, 0) is 39.7 Å². The van der Waals surface area contributed by atoms with E-state index in [0.717, 1.165) is 0 Å². The van der Waals surface area contributed by atoms with Crippen molar-refractivity contribution in [3.05, 3.63) is 56.4 Å². The van der Waals surface area contributed by atoms with Crippen LogP contribution in [-0.4, -0.2) is 5.11 Å². The fourth-order valence-corrected chi connectivity index (χ4v) is 2.06. The monoisotopic (exact) mass is 320 g/mol. The zero-order valence-electron chi connectivity index (χ0n) is 7.95. The average Bonchev–Trinajstić information content (AvgIpc) is 2.67. The van der Waals surface area contributed by atoms with Crippen molar-refractivity contribution in [2.75, 3.05) is 0 Å². The zero-order valence-corrected chi connectivity index (χ0v) is 11.1. The van der Waals surface area contributed by atoms with Gasteiger partial charge in [-0.15, -0.1) is 0 Å². The number of furan rings is 1. The van der Waals surface area contributed by atoms with E-state index in [0.29, 0.717) is 25.8 Å². The topological polar surface area (TPSA) is 33.4 Å². The van der Waals surface area contributed by atoms with Crippen LogP contribution in [-0.2, 0) is 0 Å². The van der Waals surface area contributed by atoms with Crippen molar-refractivity contribution in [1.82, 2.24) is 0 Å². The van der Waals surface area contributed by atoms with Crippen LogP contribution in [0.5, 0.6) is 0 Å². The summed E-state index contributed by atoms with van der Waals surface area (Å²) in [5.74, 6) is 0.443. The minimum Gasteiger partial charge on any atom is -0.465 e. The Labute approximate surface area is 111 Å². The highest BCUT2D eigenvalue weighted by Gasteiger charge is 2.17. The molecule has 2 aromatic rings. The van der Waals surface area contributed by atoms with Crippen molar-refractivity contribution in [2.45, 2.75) is 6.10 Å². The quantitative estimate of drug-likeness (QED) is 0.887. The van der Waals surface area contributed by atoms with Crippen molar-refractivity contribution in [1.29, 1.82) is 0 Å². The molecule has 0 aliphatic rings. The van der Waals surface area contributed by atoms with Crippen molar-refractivity contribution < 1.29 is 9.52 Å². The van der Waals surface area contributed by atoms with E-state index >= 15 is 0 Å². The van der Waals surface area contributed by atoms with Gasteiger partial charge in [-0.25, -0.2) is 0 Å². The minimum atomic E-state index is -0.862. The normalized spacial score (nSPS) is 12.8. The highest BCUT2D eigenvalue weighted by atomic mass is 79.9. The van der Waals surface area contributed by atoms with Gasteiger partial charge in [0.2, 0.25) is 0 Å². The van der Waals surface area contributed by atoms with Gasteiger partial charge < -0.3 is 9.52 Å². The van der Waals surface area contributed by atoms with E-state index in [9.17, 15) is 5.11 Å². The molecule has 84 valence electrons. The van der Waals surface area contributed by atoms with Crippen LogP contribution in [0.1, 0.15) is 17.4 Å². The Morgan fingerprint density at radius 2 is 1.94 bits per heavy atom. The molecule has 16 heavy (non-hydrogen) atoms. The lowest BCUT2D eigenvalue weighted by molar-refractivity contribution is 0.188. The van der Waals surface area contributed by atoms with Crippen LogP contribution in [0.3, 0.4) is 0 Å². The van der Waals surface area contributed by atoms with Crippen molar-refractivity contribution in [3.63, 3.8) is 0 Å². The van der Waals surface area contributed by atoms with Gasteiger partial charge >= 0.3 is 0 Å². The van der Waals surface area contributed by atoms with Gasteiger partial charge in [-0.3, -0.25) is 0 Å². The van der Waals surface area contributed by atoms with E-state index in [1.54, 1.807) is 24.3 Å². The lowest BCUT2D eigenvalue weighted by Gasteiger charge is -2.09. The van der Waals surface area contributed by atoms with Gasteiger partial charge in [-0.2, -0.15) is 0 Å². The van der Waals surface area contributed by atoms with Gasteiger partial charge in [0.1, 0.15) is 6.10 Å². The third-order valence-corrected chi connectivity index (χ3v) is 3.55. The molecule has 0 bridgehead atoms. The second-order valence-electron chi connectivity index (χ2n) is 3.21. The molecule has 2 nitrogen and oxygen atoms in total. The molecule has 1 atom stereocenters. The van der Waals surface area contributed by atoms with E-state index < -0.39 is 6.10 Å². The van der Waals surface area contributed by atoms with Gasteiger partial charge in [0, 0.05) is 0 Å². The average molecular weight is 322 g/mol. The Morgan fingerprint density at radius 3 is 2.50 bits per heavy atom. The molecule has 0 amide bonds. The zero-order chi connectivity index (χ0) is 11.7. The summed E-state index contributed by atoms with van der Waals surface area (Å²) in [4.78, 5) is 0. The SMILES string of the molecule is OC(c1ccc(Cl)c(Cl)c1)c1occc1Br. The molecule has 0 fully saturated rings. The van der Waals surface area contributed by atoms with E-state index in [4.69, 9.17) is 27.6 Å². The molecule has 1 aromatic carbocycles.